The second-order valence-corrected chi connectivity index (χ2v) is 9.21. The molecule has 0 unspecified atom stereocenters. The number of aromatic nitrogens is 6. The van der Waals surface area contributed by atoms with Crippen molar-refractivity contribution >= 4 is 28.9 Å². The van der Waals surface area contributed by atoms with Gasteiger partial charge in [0.15, 0.2) is 16.3 Å². The molecule has 4 heterocycles. The molecule has 32 heavy (non-hydrogen) atoms. The zero-order valence-corrected chi connectivity index (χ0v) is 20.1. The molecular weight excluding hydrogens is 428 g/mol. The molecule has 0 amide bonds. The zero-order valence-electron chi connectivity index (χ0n) is 19.3. The van der Waals surface area contributed by atoms with Gasteiger partial charge in [-0.3, -0.25) is 13.9 Å². The number of anilines is 1. The minimum Gasteiger partial charge on any atom is -0.340 e. The van der Waals surface area contributed by atoms with Crippen molar-refractivity contribution in [1.82, 2.24) is 33.6 Å². The van der Waals surface area contributed by atoms with Crippen molar-refractivity contribution in [3.05, 3.63) is 38.3 Å². The summed E-state index contributed by atoms with van der Waals surface area (Å²) in [5, 5.41) is 0.727. The van der Waals surface area contributed by atoms with Crippen LogP contribution in [0.4, 0.5) is 5.95 Å². The fraction of sp³-hybridized carbons (Fsp3) is 0.571. The summed E-state index contributed by atoms with van der Waals surface area (Å²) < 4.78 is 4.58. The van der Waals surface area contributed by atoms with Gasteiger partial charge in [0.05, 0.1) is 0 Å². The van der Waals surface area contributed by atoms with Crippen LogP contribution in [0.5, 0.6) is 0 Å². The van der Waals surface area contributed by atoms with E-state index in [0.717, 1.165) is 59.8 Å². The fourth-order valence-electron chi connectivity index (χ4n) is 4.14. The Labute approximate surface area is 190 Å². The highest BCUT2D eigenvalue weighted by molar-refractivity contribution is 7.99. The Morgan fingerprint density at radius 1 is 0.969 bits per heavy atom. The first kappa shape index (κ1) is 22.5. The minimum absolute atomic E-state index is 0.318. The molecule has 0 bridgehead atoms. The largest absolute Gasteiger partial charge is 0.340 e. The van der Waals surface area contributed by atoms with Gasteiger partial charge in [0, 0.05) is 64.0 Å². The number of imidazole rings is 1. The van der Waals surface area contributed by atoms with E-state index in [2.05, 4.69) is 26.7 Å². The minimum atomic E-state index is -0.368. The van der Waals surface area contributed by atoms with Crippen molar-refractivity contribution in [2.75, 3.05) is 43.4 Å². The van der Waals surface area contributed by atoms with E-state index in [0.29, 0.717) is 23.5 Å². The fourth-order valence-corrected chi connectivity index (χ4v) is 5.01. The predicted molar refractivity (Wildman–Crippen MR) is 127 cm³/mol. The molecule has 3 aromatic rings. The predicted octanol–water partition coefficient (Wildman–Crippen LogP) is 0.775. The smallest absolute Gasteiger partial charge is 0.332 e. The molecule has 1 fully saturated rings. The van der Waals surface area contributed by atoms with E-state index in [1.165, 1.54) is 11.6 Å². The highest BCUT2D eigenvalue weighted by Gasteiger charge is 2.25. The molecule has 11 heteroatoms. The lowest BCUT2D eigenvalue weighted by molar-refractivity contribution is 0.269. The van der Waals surface area contributed by atoms with Crippen molar-refractivity contribution in [3.8, 4) is 0 Å². The van der Waals surface area contributed by atoms with E-state index in [1.54, 1.807) is 18.8 Å². The average molecular weight is 459 g/mol. The number of aryl methyl sites for hydroxylation is 4. The van der Waals surface area contributed by atoms with Crippen LogP contribution in [0.3, 0.4) is 0 Å². The first-order valence-electron chi connectivity index (χ1n) is 10.9. The number of piperazine rings is 1. The molecule has 0 atom stereocenters. The van der Waals surface area contributed by atoms with Crippen LogP contribution in [0.25, 0.3) is 11.2 Å². The van der Waals surface area contributed by atoms with E-state index in [9.17, 15) is 9.59 Å². The number of fused-ring (bicyclic) bond motifs is 1. The van der Waals surface area contributed by atoms with Crippen molar-refractivity contribution in [2.45, 2.75) is 32.5 Å². The third kappa shape index (κ3) is 4.18. The van der Waals surface area contributed by atoms with Crippen molar-refractivity contribution < 1.29 is 0 Å². The Bertz CT molecular complexity index is 1230. The van der Waals surface area contributed by atoms with E-state index >= 15 is 0 Å². The van der Waals surface area contributed by atoms with Gasteiger partial charge in [-0.2, -0.15) is 4.98 Å². The lowest BCUT2D eigenvalue weighted by atomic mass is 10.3. The Hall–Kier alpha value is -2.66. The van der Waals surface area contributed by atoms with Gasteiger partial charge in [0.25, 0.3) is 5.56 Å². The summed E-state index contributed by atoms with van der Waals surface area (Å²) in [7, 11) is 3.18. The molecule has 0 aliphatic carbocycles. The van der Waals surface area contributed by atoms with Crippen molar-refractivity contribution in [1.29, 1.82) is 0 Å². The molecule has 0 radical (unpaired) electrons. The third-order valence-electron chi connectivity index (χ3n) is 5.94. The number of hydrogen-bond acceptors (Lipinski definition) is 8. The van der Waals surface area contributed by atoms with Gasteiger partial charge in [-0.05, 0) is 26.5 Å². The number of likely N-dealkylation sites (N-methyl/N-ethyl adjacent to an activating group) is 1. The summed E-state index contributed by atoms with van der Waals surface area (Å²) in [6.45, 7) is 11.2. The standard InChI is InChI=1S/C21H30N8O2S/c1-6-27-7-9-28(10-8-27)20-24-17-16(18(30)26(5)21(31)25(17)4)29(20)11-12-32-19-22-14(2)13-15(3)23-19/h13H,6-12H2,1-5H3. The molecule has 3 aromatic heterocycles. The number of hydrogen-bond donors (Lipinski definition) is 0. The van der Waals surface area contributed by atoms with Gasteiger partial charge < -0.3 is 14.4 Å². The normalized spacial score (nSPS) is 15.1. The molecule has 1 aliphatic rings. The summed E-state index contributed by atoms with van der Waals surface area (Å²) in [4.78, 5) is 43.9. The Morgan fingerprint density at radius 2 is 1.62 bits per heavy atom. The maximum absolute atomic E-state index is 13.1. The maximum atomic E-state index is 13.1. The monoisotopic (exact) mass is 458 g/mol. The molecule has 172 valence electrons. The highest BCUT2D eigenvalue weighted by Crippen LogP contribution is 2.23. The molecule has 10 nitrogen and oxygen atoms in total. The Balaban J connectivity index is 1.71. The first-order chi connectivity index (χ1) is 15.3. The molecular formula is C21H30N8O2S. The molecule has 0 aromatic carbocycles. The van der Waals surface area contributed by atoms with E-state index in [4.69, 9.17) is 4.98 Å². The van der Waals surface area contributed by atoms with E-state index < -0.39 is 0 Å². The van der Waals surface area contributed by atoms with E-state index in [-0.39, 0.29) is 11.2 Å². The summed E-state index contributed by atoms with van der Waals surface area (Å²) in [6, 6.07) is 1.95. The lowest BCUT2D eigenvalue weighted by Crippen LogP contribution is -2.47. The summed E-state index contributed by atoms with van der Waals surface area (Å²) >= 11 is 1.56. The van der Waals surface area contributed by atoms with Gasteiger partial charge in [-0.1, -0.05) is 18.7 Å². The molecule has 0 spiro atoms. The molecule has 4 rings (SSSR count). The molecule has 0 N–H and O–H groups in total. The van der Waals surface area contributed by atoms with Crippen LogP contribution in [0.1, 0.15) is 18.3 Å². The Kier molecular flexibility index (Phi) is 6.38. The second kappa shape index (κ2) is 9.07. The van der Waals surface area contributed by atoms with Crippen LogP contribution < -0.4 is 16.1 Å². The number of thioether (sulfide) groups is 1. The van der Waals surface area contributed by atoms with Gasteiger partial charge in [-0.15, -0.1) is 0 Å². The number of nitrogens with zero attached hydrogens (tertiary/aromatic N) is 8. The van der Waals surface area contributed by atoms with E-state index in [1.807, 2.05) is 24.5 Å². The zero-order chi connectivity index (χ0) is 23.0. The van der Waals surface area contributed by atoms with Gasteiger partial charge in [0.1, 0.15) is 0 Å². The van der Waals surface area contributed by atoms with Crippen molar-refractivity contribution in [2.24, 2.45) is 14.1 Å². The lowest BCUT2D eigenvalue weighted by Gasteiger charge is -2.34. The van der Waals surface area contributed by atoms with Gasteiger partial charge >= 0.3 is 5.69 Å². The van der Waals surface area contributed by atoms with Crippen LogP contribution in [0.15, 0.2) is 20.8 Å². The van der Waals surface area contributed by atoms with Crippen LogP contribution >= 0.6 is 11.8 Å². The highest BCUT2D eigenvalue weighted by atomic mass is 32.2. The van der Waals surface area contributed by atoms with Crippen molar-refractivity contribution in [3.63, 3.8) is 0 Å². The quantitative estimate of drug-likeness (QED) is 0.395. The average Bonchev–Trinajstić information content (AvgIpc) is 3.15. The number of rotatable bonds is 6. The summed E-state index contributed by atoms with van der Waals surface area (Å²) in [5.74, 6) is 1.43. The maximum Gasteiger partial charge on any atom is 0.332 e. The molecule has 0 saturated carbocycles. The van der Waals surface area contributed by atoms with Gasteiger partial charge in [0.2, 0.25) is 5.95 Å². The third-order valence-corrected chi connectivity index (χ3v) is 6.77. The van der Waals surface area contributed by atoms with Crippen LogP contribution in [-0.2, 0) is 20.6 Å². The van der Waals surface area contributed by atoms with Crippen LogP contribution in [0.2, 0.25) is 0 Å². The molecule has 1 aliphatic heterocycles. The summed E-state index contributed by atoms with van der Waals surface area (Å²) in [5.41, 5.74) is 2.08. The summed E-state index contributed by atoms with van der Waals surface area (Å²) in [6.07, 6.45) is 0. The molecule has 1 saturated heterocycles. The van der Waals surface area contributed by atoms with Crippen LogP contribution in [0, 0.1) is 13.8 Å². The second-order valence-electron chi connectivity index (χ2n) is 8.14. The van der Waals surface area contributed by atoms with Gasteiger partial charge in [-0.25, -0.2) is 14.8 Å². The first-order valence-corrected chi connectivity index (χ1v) is 11.9. The SMILES string of the molecule is CCN1CCN(c2nc3c(c(=O)n(C)c(=O)n3C)n2CCSc2nc(C)cc(C)n2)CC1. The van der Waals surface area contributed by atoms with Crippen LogP contribution in [-0.4, -0.2) is 72.0 Å². The Morgan fingerprint density at radius 3 is 2.25 bits per heavy atom. The topological polar surface area (TPSA) is 94.1 Å².